The van der Waals surface area contributed by atoms with E-state index < -0.39 is 0 Å². The monoisotopic (exact) mass is 391 g/mol. The Morgan fingerprint density at radius 1 is 1.11 bits per heavy atom. The summed E-state index contributed by atoms with van der Waals surface area (Å²) in [7, 11) is 0. The van der Waals surface area contributed by atoms with E-state index in [0.717, 1.165) is 30.7 Å². The van der Waals surface area contributed by atoms with Crippen LogP contribution in [0, 0.1) is 0 Å². The van der Waals surface area contributed by atoms with Gasteiger partial charge in [0.2, 0.25) is 0 Å². The van der Waals surface area contributed by atoms with Crippen molar-refractivity contribution < 1.29 is 14.3 Å². The Labute approximate surface area is 164 Å². The Bertz CT molecular complexity index is 691. The van der Waals surface area contributed by atoms with Crippen LogP contribution < -0.4 is 5.32 Å². The molecule has 0 aromatic heterocycles. The van der Waals surface area contributed by atoms with Crippen LogP contribution in [-0.4, -0.2) is 67.2 Å². The third kappa shape index (κ3) is 4.06. The molecular formula is C20H26ClN3O3. The number of urea groups is 1. The van der Waals surface area contributed by atoms with Crippen molar-refractivity contribution >= 4 is 23.5 Å². The van der Waals surface area contributed by atoms with Gasteiger partial charge >= 0.3 is 6.03 Å². The van der Waals surface area contributed by atoms with E-state index in [4.69, 9.17) is 16.3 Å². The van der Waals surface area contributed by atoms with Crippen molar-refractivity contribution in [3.05, 3.63) is 34.9 Å². The maximum atomic E-state index is 12.6. The van der Waals surface area contributed by atoms with E-state index in [1.807, 2.05) is 17.0 Å². The molecule has 3 fully saturated rings. The van der Waals surface area contributed by atoms with Crippen LogP contribution in [0.15, 0.2) is 24.3 Å². The maximum Gasteiger partial charge on any atom is 0.317 e. The van der Waals surface area contributed by atoms with Crippen LogP contribution in [0.3, 0.4) is 0 Å². The van der Waals surface area contributed by atoms with Gasteiger partial charge in [-0.2, -0.15) is 0 Å². The highest BCUT2D eigenvalue weighted by atomic mass is 35.5. The van der Waals surface area contributed by atoms with Gasteiger partial charge in [-0.05, 0) is 43.4 Å². The van der Waals surface area contributed by atoms with Crippen LogP contribution >= 0.6 is 11.6 Å². The third-order valence-corrected chi connectivity index (χ3v) is 6.22. The molecule has 1 saturated carbocycles. The molecule has 0 bridgehead atoms. The van der Waals surface area contributed by atoms with Crippen LogP contribution in [0.4, 0.5) is 4.79 Å². The van der Waals surface area contributed by atoms with Gasteiger partial charge < -0.3 is 19.9 Å². The molecule has 2 saturated heterocycles. The summed E-state index contributed by atoms with van der Waals surface area (Å²) in [5.74, 6) is 0.0761. The lowest BCUT2D eigenvalue weighted by atomic mass is 9.96. The van der Waals surface area contributed by atoms with Crippen LogP contribution in [0.2, 0.25) is 5.02 Å². The van der Waals surface area contributed by atoms with Crippen molar-refractivity contribution in [3.63, 3.8) is 0 Å². The average Bonchev–Trinajstić information content (AvgIpc) is 3.29. The number of piperazine rings is 1. The average molecular weight is 392 g/mol. The summed E-state index contributed by atoms with van der Waals surface area (Å²) in [6.45, 7) is 3.61. The number of benzene rings is 1. The molecule has 27 heavy (non-hydrogen) atoms. The van der Waals surface area contributed by atoms with E-state index in [1.165, 1.54) is 5.56 Å². The zero-order valence-electron chi connectivity index (χ0n) is 15.5. The van der Waals surface area contributed by atoms with Gasteiger partial charge in [-0.1, -0.05) is 23.7 Å². The predicted octanol–water partition coefficient (Wildman–Crippen LogP) is 2.40. The number of amides is 3. The van der Waals surface area contributed by atoms with Gasteiger partial charge in [0.05, 0.1) is 0 Å². The standard InChI is InChI=1S/C20H26ClN3O3/c21-16-5-3-15(4-6-16)20(7-8-20)14-22-19(26)24-11-9-23(10-12-24)18(25)17-2-1-13-27-17/h3-6,17H,1-2,7-14H2,(H,22,26). The molecule has 1 aliphatic carbocycles. The number of nitrogens with one attached hydrogen (secondary N) is 1. The molecule has 1 unspecified atom stereocenters. The van der Waals surface area contributed by atoms with Gasteiger partial charge in [0.15, 0.2) is 0 Å². The highest BCUT2D eigenvalue weighted by molar-refractivity contribution is 6.30. The summed E-state index contributed by atoms with van der Waals surface area (Å²) in [5.41, 5.74) is 1.29. The number of hydrogen-bond acceptors (Lipinski definition) is 3. The minimum Gasteiger partial charge on any atom is -0.368 e. The molecule has 1 aromatic carbocycles. The van der Waals surface area contributed by atoms with Crippen molar-refractivity contribution in [2.24, 2.45) is 0 Å². The minimum absolute atomic E-state index is 0.0422. The van der Waals surface area contributed by atoms with Gasteiger partial charge in [0, 0.05) is 49.8 Å². The summed E-state index contributed by atoms with van der Waals surface area (Å²) in [4.78, 5) is 28.6. The Hall–Kier alpha value is -1.79. The van der Waals surface area contributed by atoms with Gasteiger partial charge in [-0.15, -0.1) is 0 Å². The first-order chi connectivity index (χ1) is 13.1. The fourth-order valence-corrected chi connectivity index (χ4v) is 4.11. The molecule has 0 radical (unpaired) electrons. The molecule has 3 amide bonds. The van der Waals surface area contributed by atoms with Crippen molar-refractivity contribution in [1.29, 1.82) is 0 Å². The number of nitrogens with zero attached hydrogens (tertiary/aromatic N) is 2. The highest BCUT2D eigenvalue weighted by Crippen LogP contribution is 2.47. The molecule has 3 aliphatic rings. The first-order valence-electron chi connectivity index (χ1n) is 9.77. The lowest BCUT2D eigenvalue weighted by molar-refractivity contribution is -0.142. The van der Waals surface area contributed by atoms with Crippen LogP contribution in [0.1, 0.15) is 31.2 Å². The molecule has 2 aliphatic heterocycles. The SMILES string of the molecule is O=C(NCC1(c2ccc(Cl)cc2)CC1)N1CCN(C(=O)C2CCCO2)CC1. The number of halogens is 1. The van der Waals surface area contributed by atoms with Crippen molar-refractivity contribution in [2.75, 3.05) is 39.3 Å². The predicted molar refractivity (Wildman–Crippen MR) is 103 cm³/mol. The Morgan fingerprint density at radius 2 is 1.78 bits per heavy atom. The normalized spacial score (nSPS) is 24.0. The quantitative estimate of drug-likeness (QED) is 0.857. The summed E-state index contributed by atoms with van der Waals surface area (Å²) < 4.78 is 5.48. The number of carbonyl (C=O) groups is 2. The summed E-state index contributed by atoms with van der Waals surface area (Å²) in [6.07, 6.45) is 3.65. The number of rotatable bonds is 4. The van der Waals surface area contributed by atoms with E-state index in [-0.39, 0.29) is 23.5 Å². The lowest BCUT2D eigenvalue weighted by Crippen LogP contribution is -2.55. The van der Waals surface area contributed by atoms with E-state index in [9.17, 15) is 9.59 Å². The van der Waals surface area contributed by atoms with Crippen LogP contribution in [0.25, 0.3) is 0 Å². The zero-order chi connectivity index (χ0) is 18.9. The maximum absolute atomic E-state index is 12.6. The van der Waals surface area contributed by atoms with E-state index in [1.54, 1.807) is 4.90 Å². The van der Waals surface area contributed by atoms with Crippen molar-refractivity contribution in [1.82, 2.24) is 15.1 Å². The Morgan fingerprint density at radius 3 is 2.37 bits per heavy atom. The zero-order valence-corrected chi connectivity index (χ0v) is 16.2. The summed E-state index contributed by atoms with van der Waals surface area (Å²) in [5, 5.41) is 3.82. The van der Waals surface area contributed by atoms with Gasteiger partial charge in [-0.25, -0.2) is 4.79 Å². The molecule has 4 rings (SSSR count). The molecule has 2 heterocycles. The highest BCUT2D eigenvalue weighted by Gasteiger charge is 2.44. The molecule has 1 aromatic rings. The van der Waals surface area contributed by atoms with Gasteiger partial charge in [0.25, 0.3) is 5.91 Å². The molecule has 1 atom stereocenters. The third-order valence-electron chi connectivity index (χ3n) is 5.97. The van der Waals surface area contributed by atoms with E-state index in [0.29, 0.717) is 39.3 Å². The second kappa shape index (κ2) is 7.68. The number of ether oxygens (including phenoxy) is 1. The first kappa shape index (κ1) is 18.6. The van der Waals surface area contributed by atoms with Crippen LogP contribution in [-0.2, 0) is 14.9 Å². The smallest absolute Gasteiger partial charge is 0.317 e. The second-order valence-electron chi connectivity index (χ2n) is 7.76. The molecule has 0 spiro atoms. The fraction of sp³-hybridized carbons (Fsp3) is 0.600. The first-order valence-corrected chi connectivity index (χ1v) is 10.1. The molecule has 146 valence electrons. The second-order valence-corrected chi connectivity index (χ2v) is 8.20. The molecule has 1 N–H and O–H groups in total. The van der Waals surface area contributed by atoms with E-state index >= 15 is 0 Å². The Kier molecular flexibility index (Phi) is 5.28. The largest absolute Gasteiger partial charge is 0.368 e. The Balaban J connectivity index is 1.25. The fourth-order valence-electron chi connectivity index (χ4n) is 3.98. The van der Waals surface area contributed by atoms with Crippen molar-refractivity contribution in [3.8, 4) is 0 Å². The number of carbonyl (C=O) groups excluding carboxylic acids is 2. The lowest BCUT2D eigenvalue weighted by Gasteiger charge is -2.36. The minimum atomic E-state index is -0.278. The number of hydrogen-bond donors (Lipinski definition) is 1. The molecule has 7 heteroatoms. The summed E-state index contributed by atoms with van der Waals surface area (Å²) in [6, 6.07) is 7.87. The molecule has 6 nitrogen and oxygen atoms in total. The van der Waals surface area contributed by atoms with E-state index in [2.05, 4.69) is 17.4 Å². The molecular weight excluding hydrogens is 366 g/mol. The topological polar surface area (TPSA) is 61.9 Å². The van der Waals surface area contributed by atoms with Crippen LogP contribution in [0.5, 0.6) is 0 Å². The van der Waals surface area contributed by atoms with Gasteiger partial charge in [-0.3, -0.25) is 4.79 Å². The van der Waals surface area contributed by atoms with Gasteiger partial charge in [0.1, 0.15) is 6.10 Å². The van der Waals surface area contributed by atoms with Crippen molar-refractivity contribution in [2.45, 2.75) is 37.2 Å². The summed E-state index contributed by atoms with van der Waals surface area (Å²) >= 11 is 5.97.